The molecule has 0 spiro atoms. The van der Waals surface area contributed by atoms with E-state index in [1.165, 1.54) is 4.31 Å². The monoisotopic (exact) mass is 581 g/mol. The third-order valence-electron chi connectivity index (χ3n) is 8.08. The van der Waals surface area contributed by atoms with Crippen LogP contribution in [-0.4, -0.2) is 54.6 Å². The highest BCUT2D eigenvalue weighted by atomic mass is 32.2. The highest BCUT2D eigenvalue weighted by molar-refractivity contribution is 7.92. The Labute approximate surface area is 246 Å². The van der Waals surface area contributed by atoms with E-state index in [-0.39, 0.29) is 23.9 Å². The summed E-state index contributed by atoms with van der Waals surface area (Å²) < 4.78 is 31.5. The topological polar surface area (TPSA) is 82.8 Å². The fourth-order valence-electron chi connectivity index (χ4n) is 5.91. The van der Waals surface area contributed by atoms with E-state index in [1.807, 2.05) is 52.8 Å². The van der Waals surface area contributed by atoms with E-state index in [4.69, 9.17) is 0 Å². The van der Waals surface area contributed by atoms with Gasteiger partial charge in [-0.3, -0.25) is 9.10 Å². The van der Waals surface area contributed by atoms with Gasteiger partial charge in [-0.05, 0) is 68.7 Å². The van der Waals surface area contributed by atoms with Crippen LogP contribution in [0.1, 0.15) is 35.2 Å². The summed E-state index contributed by atoms with van der Waals surface area (Å²) in [5.74, 6) is -0.102. The molecule has 7 nitrogen and oxygen atoms in total. The molecule has 1 saturated heterocycles. The van der Waals surface area contributed by atoms with Gasteiger partial charge in [-0.2, -0.15) is 0 Å². The first kappa shape index (κ1) is 28.0. The van der Waals surface area contributed by atoms with E-state index in [0.717, 1.165) is 46.6 Å². The van der Waals surface area contributed by atoms with Crippen molar-refractivity contribution in [2.45, 2.75) is 43.7 Å². The fraction of sp³-hybridized carbons (Fsp3) is 0.265. The van der Waals surface area contributed by atoms with Crippen molar-refractivity contribution < 1.29 is 18.3 Å². The van der Waals surface area contributed by atoms with E-state index >= 15 is 0 Å². The van der Waals surface area contributed by atoms with Crippen molar-refractivity contribution in [3.8, 4) is 0 Å². The van der Waals surface area contributed by atoms with Crippen LogP contribution < -0.4 is 4.31 Å². The number of aliphatic hydroxyl groups excluding tert-OH is 1. The highest BCUT2D eigenvalue weighted by Gasteiger charge is 2.29. The predicted molar refractivity (Wildman–Crippen MR) is 167 cm³/mol. The van der Waals surface area contributed by atoms with Gasteiger partial charge < -0.3 is 14.6 Å². The molecule has 5 aromatic rings. The Kier molecular flexibility index (Phi) is 7.75. The Morgan fingerprint density at radius 3 is 2.10 bits per heavy atom. The van der Waals surface area contributed by atoms with E-state index < -0.39 is 16.1 Å². The third-order valence-corrected chi connectivity index (χ3v) is 9.89. The summed E-state index contributed by atoms with van der Waals surface area (Å²) in [6, 6.07) is 29.5. The summed E-state index contributed by atoms with van der Waals surface area (Å²) in [4.78, 5) is 15.3. The van der Waals surface area contributed by atoms with Crippen molar-refractivity contribution in [2.75, 3.05) is 23.9 Å². The van der Waals surface area contributed by atoms with Crippen LogP contribution in [0.15, 0.2) is 102 Å². The second-order valence-corrected chi connectivity index (χ2v) is 12.9. The first-order valence-electron chi connectivity index (χ1n) is 14.5. The van der Waals surface area contributed by atoms with Gasteiger partial charge in [0.1, 0.15) is 0 Å². The number of amides is 1. The maximum Gasteiger partial charge on any atom is 0.264 e. The molecule has 2 heterocycles. The first-order valence-corrected chi connectivity index (χ1v) is 15.9. The van der Waals surface area contributed by atoms with Crippen LogP contribution in [0.4, 0.5) is 5.69 Å². The molecule has 1 amide bonds. The molecule has 42 heavy (non-hydrogen) atoms. The molecule has 1 aromatic heterocycles. The number of carbonyl (C=O) groups is 1. The number of likely N-dealkylation sites (tertiary alicyclic amines) is 1. The number of aliphatic hydroxyl groups is 1. The predicted octanol–water partition coefficient (Wildman–Crippen LogP) is 5.99. The second-order valence-electron chi connectivity index (χ2n) is 11.1. The Hall–Kier alpha value is -4.14. The van der Waals surface area contributed by atoms with Crippen molar-refractivity contribution in [2.24, 2.45) is 0 Å². The number of hydrogen-bond donors (Lipinski definition) is 1. The van der Waals surface area contributed by atoms with Crippen LogP contribution in [0.3, 0.4) is 0 Å². The highest BCUT2D eigenvalue weighted by Crippen LogP contribution is 2.30. The molecular formula is C34H35N3O4S. The van der Waals surface area contributed by atoms with Crippen LogP contribution in [0.25, 0.3) is 21.8 Å². The van der Waals surface area contributed by atoms with Crippen LogP contribution >= 0.6 is 0 Å². The number of piperidine rings is 1. The number of nitrogens with zero attached hydrogens (tertiary/aromatic N) is 3. The Morgan fingerprint density at radius 1 is 0.833 bits per heavy atom. The van der Waals surface area contributed by atoms with Crippen LogP contribution in [0.2, 0.25) is 0 Å². The molecule has 1 fully saturated rings. The maximum atomic E-state index is 14.1. The van der Waals surface area contributed by atoms with Gasteiger partial charge >= 0.3 is 0 Å². The van der Waals surface area contributed by atoms with Crippen molar-refractivity contribution in [1.82, 2.24) is 9.47 Å². The maximum absolute atomic E-state index is 14.1. The molecular weight excluding hydrogens is 546 g/mol. The third kappa shape index (κ3) is 5.40. The lowest BCUT2D eigenvalue weighted by Gasteiger charge is -2.29. The Balaban J connectivity index is 1.37. The van der Waals surface area contributed by atoms with Gasteiger partial charge in [0.05, 0.1) is 29.8 Å². The number of aryl methyl sites for hydroxylation is 1. The van der Waals surface area contributed by atoms with Gasteiger partial charge in [0.25, 0.3) is 15.9 Å². The van der Waals surface area contributed by atoms with Crippen molar-refractivity contribution in [3.05, 3.63) is 108 Å². The van der Waals surface area contributed by atoms with Crippen LogP contribution in [0.5, 0.6) is 0 Å². The number of fused-ring (bicyclic) bond motifs is 3. The largest absolute Gasteiger partial charge is 0.389 e. The van der Waals surface area contributed by atoms with Gasteiger partial charge in [-0.1, -0.05) is 60.2 Å². The van der Waals surface area contributed by atoms with Crippen molar-refractivity contribution in [3.63, 3.8) is 0 Å². The number of sulfonamides is 1. The molecule has 0 radical (unpaired) electrons. The zero-order chi connectivity index (χ0) is 29.3. The minimum absolute atomic E-state index is 0.102. The molecule has 6 rings (SSSR count). The van der Waals surface area contributed by atoms with E-state index in [0.29, 0.717) is 24.3 Å². The lowest BCUT2D eigenvalue weighted by Crippen LogP contribution is -2.39. The van der Waals surface area contributed by atoms with Gasteiger partial charge in [-0.25, -0.2) is 8.42 Å². The average Bonchev–Trinajstić information content (AvgIpc) is 3.33. The Morgan fingerprint density at radius 2 is 1.45 bits per heavy atom. The minimum atomic E-state index is -4.06. The molecule has 1 N–H and O–H groups in total. The molecule has 1 aliphatic rings. The molecule has 1 atom stereocenters. The lowest BCUT2D eigenvalue weighted by atomic mass is 10.1. The van der Waals surface area contributed by atoms with Gasteiger partial charge in [0, 0.05) is 40.5 Å². The normalized spacial score (nSPS) is 14.8. The summed E-state index contributed by atoms with van der Waals surface area (Å²) in [6.45, 7) is 3.32. The zero-order valence-electron chi connectivity index (χ0n) is 23.7. The van der Waals surface area contributed by atoms with Crippen LogP contribution in [0, 0.1) is 6.92 Å². The minimum Gasteiger partial charge on any atom is -0.389 e. The standard InChI is InChI=1S/C34H35N3O4S/c1-25-16-18-29(19-17-25)42(40,41)37(27-11-9-10-26(22-27)34(39)35-20-7-2-8-21-35)24-28(38)23-36-32-14-5-3-12-30(32)31-13-4-6-15-33(31)36/h3-6,9-19,22,28,38H,2,7-8,20-21,23-24H2,1H3. The van der Waals surface area contributed by atoms with E-state index in [2.05, 4.69) is 12.1 Å². The van der Waals surface area contributed by atoms with E-state index in [9.17, 15) is 18.3 Å². The molecule has 1 unspecified atom stereocenters. The number of carbonyl (C=O) groups excluding carboxylic acids is 1. The quantitative estimate of drug-likeness (QED) is 0.244. The molecule has 4 aromatic carbocycles. The number of rotatable bonds is 8. The van der Waals surface area contributed by atoms with Crippen LogP contribution in [-0.2, 0) is 16.6 Å². The van der Waals surface area contributed by atoms with Gasteiger partial charge in [-0.15, -0.1) is 0 Å². The molecule has 0 bridgehead atoms. The zero-order valence-corrected chi connectivity index (χ0v) is 24.5. The average molecular weight is 582 g/mol. The molecule has 216 valence electrons. The Bertz CT molecular complexity index is 1790. The number of benzene rings is 4. The fourth-order valence-corrected chi connectivity index (χ4v) is 7.41. The number of anilines is 1. The van der Waals surface area contributed by atoms with Crippen molar-refractivity contribution >= 4 is 43.4 Å². The molecule has 0 saturated carbocycles. The number of hydrogen-bond acceptors (Lipinski definition) is 4. The first-order chi connectivity index (χ1) is 20.3. The van der Waals surface area contributed by atoms with E-state index in [1.54, 1.807) is 48.5 Å². The summed E-state index contributed by atoms with van der Waals surface area (Å²) >= 11 is 0. The summed E-state index contributed by atoms with van der Waals surface area (Å²) in [7, 11) is -4.06. The smallest absolute Gasteiger partial charge is 0.264 e. The lowest BCUT2D eigenvalue weighted by molar-refractivity contribution is 0.0724. The second kappa shape index (κ2) is 11.6. The number of aromatic nitrogens is 1. The summed E-state index contributed by atoms with van der Waals surface area (Å²) in [5.41, 5.74) is 3.68. The van der Waals surface area contributed by atoms with Crippen molar-refractivity contribution in [1.29, 1.82) is 0 Å². The molecule has 8 heteroatoms. The number of para-hydroxylation sites is 2. The van der Waals surface area contributed by atoms with Gasteiger partial charge in [0.15, 0.2) is 0 Å². The van der Waals surface area contributed by atoms with Gasteiger partial charge in [0.2, 0.25) is 0 Å². The summed E-state index contributed by atoms with van der Waals surface area (Å²) in [6.07, 6.45) is 2.00. The summed E-state index contributed by atoms with van der Waals surface area (Å²) in [5, 5.41) is 13.7. The SMILES string of the molecule is Cc1ccc(S(=O)(=O)N(CC(O)Cn2c3ccccc3c3ccccc32)c2cccc(C(=O)N3CCCCC3)c2)cc1. The molecule has 1 aliphatic heterocycles. The molecule has 0 aliphatic carbocycles.